The van der Waals surface area contributed by atoms with Crippen LogP contribution >= 0.6 is 0 Å². The maximum Gasteiger partial charge on any atom is 0.123 e. The molecule has 6 aliphatic rings. The first-order valence-electron chi connectivity index (χ1n) is 19.6. The molecule has 0 radical (unpaired) electrons. The molecule has 4 aliphatic carbocycles. The Hall–Kier alpha value is -4.00. The molecule has 3 aromatic carbocycles. The average molecular weight is 661 g/mol. The fourth-order valence-electron chi connectivity index (χ4n) is 11.4. The lowest BCUT2D eigenvalue weighted by atomic mass is 9.77. The molecule has 2 saturated heterocycles. The lowest BCUT2D eigenvalue weighted by Crippen LogP contribution is -2.14. The van der Waals surface area contributed by atoms with E-state index < -0.39 is 0 Å². The molecule has 4 unspecified atom stereocenters. The highest BCUT2D eigenvalue weighted by molar-refractivity contribution is 5.85. The number of H-pyrrole nitrogens is 2. The number of imidazole rings is 2. The zero-order valence-corrected chi connectivity index (χ0v) is 29.4. The Labute approximate surface area is 295 Å². The monoisotopic (exact) mass is 660 g/mol. The Morgan fingerprint density at radius 2 is 0.920 bits per heavy atom. The number of aromatic amines is 2. The Balaban J connectivity index is 0.956. The third-order valence-corrected chi connectivity index (χ3v) is 13.7. The van der Waals surface area contributed by atoms with E-state index in [0.29, 0.717) is 47.6 Å². The van der Waals surface area contributed by atoms with E-state index >= 15 is 0 Å². The van der Waals surface area contributed by atoms with Gasteiger partial charge in [0.1, 0.15) is 11.6 Å². The molecular weight excluding hydrogens is 613 g/mol. The molecule has 6 heteroatoms. The number of hydrogen-bond donors (Lipinski definition) is 4. The minimum atomic E-state index is 0.337. The summed E-state index contributed by atoms with van der Waals surface area (Å²) in [5.74, 6) is 6.29. The van der Waals surface area contributed by atoms with Crippen molar-refractivity contribution in [2.45, 2.75) is 101 Å². The van der Waals surface area contributed by atoms with Crippen molar-refractivity contribution in [1.29, 1.82) is 0 Å². The quantitative estimate of drug-likeness (QED) is 0.146. The van der Waals surface area contributed by atoms with E-state index in [0.717, 1.165) is 43.3 Å². The van der Waals surface area contributed by atoms with Gasteiger partial charge in [0.05, 0.1) is 35.9 Å². The molecule has 2 aliphatic heterocycles. The van der Waals surface area contributed by atoms with Gasteiger partial charge in [-0.2, -0.15) is 0 Å². The minimum absolute atomic E-state index is 0.337. The Bertz CT molecular complexity index is 2120. The van der Waals surface area contributed by atoms with Gasteiger partial charge in [0.15, 0.2) is 0 Å². The Morgan fingerprint density at radius 3 is 1.46 bits per heavy atom. The van der Waals surface area contributed by atoms with Crippen LogP contribution < -0.4 is 10.6 Å². The van der Waals surface area contributed by atoms with E-state index in [1.54, 1.807) is 22.3 Å². The summed E-state index contributed by atoms with van der Waals surface area (Å²) in [5.41, 5.74) is 17.4. The first kappa shape index (κ1) is 29.7. The van der Waals surface area contributed by atoms with E-state index in [2.05, 4.69) is 89.2 Å². The summed E-state index contributed by atoms with van der Waals surface area (Å²) in [6, 6.07) is 19.8. The number of rotatable bonds is 6. The molecule has 5 aromatic rings. The molecule has 0 spiro atoms. The third-order valence-electron chi connectivity index (χ3n) is 13.7. The van der Waals surface area contributed by atoms with Crippen LogP contribution in [-0.2, 0) is 0 Å². The zero-order chi connectivity index (χ0) is 33.1. The molecule has 4 bridgehead atoms. The van der Waals surface area contributed by atoms with E-state index in [4.69, 9.17) is 9.97 Å². The summed E-state index contributed by atoms with van der Waals surface area (Å²) in [6.45, 7) is 6.79. The second-order valence-corrected chi connectivity index (χ2v) is 16.9. The molecular formula is C44H48N6. The van der Waals surface area contributed by atoms with Crippen LogP contribution in [-0.4, -0.2) is 33.0 Å². The predicted octanol–water partition coefficient (Wildman–Crippen LogP) is 9.87. The van der Waals surface area contributed by atoms with Crippen molar-refractivity contribution in [1.82, 2.24) is 30.6 Å². The number of aromatic nitrogens is 4. The molecule has 2 aromatic heterocycles. The first-order valence-corrected chi connectivity index (χ1v) is 19.6. The van der Waals surface area contributed by atoms with Crippen LogP contribution in [0.1, 0.15) is 135 Å². The van der Waals surface area contributed by atoms with Gasteiger partial charge in [-0.1, -0.05) is 62.4 Å². The van der Waals surface area contributed by atoms with Crippen molar-refractivity contribution < 1.29 is 0 Å². The number of benzene rings is 3. The Kier molecular flexibility index (Phi) is 6.68. The van der Waals surface area contributed by atoms with E-state index in [9.17, 15) is 0 Å². The lowest BCUT2D eigenvalue weighted by molar-refractivity contribution is 0.588. The van der Waals surface area contributed by atoms with Crippen molar-refractivity contribution in [2.75, 3.05) is 13.1 Å². The molecule has 4 fully saturated rings. The Morgan fingerprint density at radius 1 is 0.480 bits per heavy atom. The van der Waals surface area contributed by atoms with Crippen LogP contribution in [0.4, 0.5) is 0 Å². The normalized spacial score (nSPS) is 30.4. The average Bonchev–Trinajstić information content (AvgIpc) is 4.00. The van der Waals surface area contributed by atoms with Gasteiger partial charge in [-0.3, -0.25) is 0 Å². The topological polar surface area (TPSA) is 81.4 Å². The SMILES string of the molecule is C[C@@H]1CN[C@H](c2ncc(-c3ccc(-c4ccc(-c5ccc(-c6cnc([C@@H]7C[C@H](C)CN7)[nH]6)c6c5C5CCC6C5)c5c4C4CCC5C4)cc3)[nH]2)C1. The van der Waals surface area contributed by atoms with Crippen LogP contribution in [0.5, 0.6) is 0 Å². The molecule has 8 atom stereocenters. The fraction of sp³-hybridized carbons (Fsp3) is 0.455. The standard InChI is InChI=1S/C44H48N6/c1-23-15-35(45-19-23)43-47-21-37(49-43)26-5-3-25(4-6-26)31-11-12-32(40-28-8-7-27(17-28)39(31)40)33-13-14-34(42-30-10-9-29(18-30)41(33)42)38-22-48-44(50-38)36-16-24(2)20-46-36/h3-6,11-14,21-24,27-30,35-36,45-46H,7-10,15-20H2,1-2H3,(H,47,49)(H,48,50)/t23-,24-,27?,28?,29?,30?,35-,36-/m0/s1. The highest BCUT2D eigenvalue weighted by atomic mass is 15.1. The van der Waals surface area contributed by atoms with Gasteiger partial charge in [-0.25, -0.2) is 9.97 Å². The van der Waals surface area contributed by atoms with Gasteiger partial charge in [0.25, 0.3) is 0 Å². The first-order chi connectivity index (χ1) is 24.6. The summed E-state index contributed by atoms with van der Waals surface area (Å²) in [5, 5.41) is 7.29. The van der Waals surface area contributed by atoms with Crippen LogP contribution in [0.25, 0.3) is 44.8 Å². The van der Waals surface area contributed by atoms with Gasteiger partial charge < -0.3 is 20.6 Å². The highest BCUT2D eigenvalue weighted by Gasteiger charge is 2.44. The van der Waals surface area contributed by atoms with Gasteiger partial charge in [-0.15, -0.1) is 0 Å². The molecule has 4 heterocycles. The minimum Gasteiger partial charge on any atom is -0.341 e. The number of hydrogen-bond acceptors (Lipinski definition) is 4. The molecule has 11 rings (SSSR count). The van der Waals surface area contributed by atoms with Crippen LogP contribution in [0, 0.1) is 11.8 Å². The molecule has 4 N–H and O–H groups in total. The zero-order valence-electron chi connectivity index (χ0n) is 29.4. The van der Waals surface area contributed by atoms with Crippen molar-refractivity contribution >= 4 is 0 Å². The lowest BCUT2D eigenvalue weighted by Gasteiger charge is -2.27. The van der Waals surface area contributed by atoms with Crippen LogP contribution in [0.2, 0.25) is 0 Å². The van der Waals surface area contributed by atoms with Crippen molar-refractivity contribution in [3.8, 4) is 44.8 Å². The van der Waals surface area contributed by atoms with E-state index in [1.165, 1.54) is 77.6 Å². The molecule has 50 heavy (non-hydrogen) atoms. The smallest absolute Gasteiger partial charge is 0.123 e. The van der Waals surface area contributed by atoms with Crippen LogP contribution in [0.3, 0.4) is 0 Å². The summed E-state index contributed by atoms with van der Waals surface area (Å²) in [7, 11) is 0. The maximum absolute atomic E-state index is 4.91. The van der Waals surface area contributed by atoms with Crippen molar-refractivity contribution in [3.63, 3.8) is 0 Å². The predicted molar refractivity (Wildman–Crippen MR) is 200 cm³/mol. The molecule has 254 valence electrons. The van der Waals surface area contributed by atoms with Gasteiger partial charge in [-0.05, 0) is 150 Å². The van der Waals surface area contributed by atoms with E-state index in [-0.39, 0.29) is 0 Å². The largest absolute Gasteiger partial charge is 0.341 e. The number of fused-ring (bicyclic) bond motifs is 10. The second-order valence-electron chi connectivity index (χ2n) is 16.9. The molecule has 2 saturated carbocycles. The van der Waals surface area contributed by atoms with E-state index in [1.807, 2.05) is 6.20 Å². The van der Waals surface area contributed by atoms with Crippen molar-refractivity contribution in [2.24, 2.45) is 11.8 Å². The fourth-order valence-corrected chi connectivity index (χ4v) is 11.4. The van der Waals surface area contributed by atoms with Gasteiger partial charge in [0, 0.05) is 5.56 Å². The maximum atomic E-state index is 4.91. The molecule has 0 amide bonds. The molecule has 6 nitrogen and oxygen atoms in total. The summed E-state index contributed by atoms with van der Waals surface area (Å²) < 4.78 is 0. The second kappa shape index (κ2) is 11.2. The summed E-state index contributed by atoms with van der Waals surface area (Å²) >= 11 is 0. The van der Waals surface area contributed by atoms with Gasteiger partial charge >= 0.3 is 0 Å². The van der Waals surface area contributed by atoms with Gasteiger partial charge in [0.2, 0.25) is 0 Å². The summed E-state index contributed by atoms with van der Waals surface area (Å²) in [4.78, 5) is 17.1. The number of nitrogens with zero attached hydrogens (tertiary/aromatic N) is 2. The van der Waals surface area contributed by atoms with Crippen LogP contribution in [0.15, 0.2) is 60.9 Å². The highest BCUT2D eigenvalue weighted by Crippen LogP contribution is 2.62. The third kappa shape index (κ3) is 4.53. The summed E-state index contributed by atoms with van der Waals surface area (Å²) in [6.07, 6.45) is 14.4. The van der Waals surface area contributed by atoms with Crippen molar-refractivity contribution in [3.05, 3.63) is 94.8 Å². The number of nitrogens with one attached hydrogen (secondary N) is 4.